The fraction of sp³-hybridized carbons (Fsp3) is 0.545. The summed E-state index contributed by atoms with van der Waals surface area (Å²) in [6.45, 7) is 19.8. The molecule has 6 heteroatoms. The van der Waals surface area contributed by atoms with Crippen LogP contribution in [0.2, 0.25) is 0 Å². The van der Waals surface area contributed by atoms with E-state index in [0.717, 1.165) is 24.9 Å². The van der Waals surface area contributed by atoms with Crippen molar-refractivity contribution in [3.05, 3.63) is 71.0 Å². The molecule has 0 aromatic heterocycles. The molecule has 39 heavy (non-hydrogen) atoms. The van der Waals surface area contributed by atoms with Crippen molar-refractivity contribution in [3.63, 3.8) is 0 Å². The zero-order valence-corrected chi connectivity index (χ0v) is 25.8. The Balaban J connectivity index is -0.000000624. The highest BCUT2D eigenvalue weighted by molar-refractivity contribution is 5.47. The molecule has 0 spiro atoms. The van der Waals surface area contributed by atoms with Crippen LogP contribution in [-0.2, 0) is 20.7 Å². The second kappa shape index (κ2) is 26.7. The number of halogens is 1. The van der Waals surface area contributed by atoms with Crippen LogP contribution in [0.15, 0.2) is 53.5 Å². The van der Waals surface area contributed by atoms with Crippen molar-refractivity contribution in [2.75, 3.05) is 13.6 Å². The Morgan fingerprint density at radius 1 is 0.897 bits per heavy atom. The van der Waals surface area contributed by atoms with Gasteiger partial charge in [-0.2, -0.15) is 0 Å². The number of carbonyl (C=O) groups excluding carboxylic acids is 2. The highest BCUT2D eigenvalue weighted by atomic mass is 19.1. The number of hydrogen-bond donors (Lipinski definition) is 1. The minimum Gasteiger partial charge on any atom is -0.477 e. The van der Waals surface area contributed by atoms with Crippen molar-refractivity contribution >= 4 is 20.0 Å². The van der Waals surface area contributed by atoms with Crippen molar-refractivity contribution in [3.8, 4) is 0 Å². The second-order valence-corrected chi connectivity index (χ2v) is 9.48. The zero-order valence-electron chi connectivity index (χ0n) is 25.8. The van der Waals surface area contributed by atoms with E-state index in [4.69, 9.17) is 20.1 Å². The van der Waals surface area contributed by atoms with E-state index in [1.807, 2.05) is 26.6 Å². The lowest BCUT2D eigenvalue weighted by atomic mass is 9.84. The molecule has 0 saturated carbocycles. The highest BCUT2D eigenvalue weighted by Gasteiger charge is 2.28. The van der Waals surface area contributed by atoms with Crippen LogP contribution in [0.25, 0.3) is 0 Å². The van der Waals surface area contributed by atoms with E-state index in [-0.39, 0.29) is 11.4 Å². The third-order valence-corrected chi connectivity index (χ3v) is 6.31. The summed E-state index contributed by atoms with van der Waals surface area (Å²) >= 11 is 0. The molecular formula is C33H55FN2O3. The summed E-state index contributed by atoms with van der Waals surface area (Å²) in [5, 5.41) is 0. The van der Waals surface area contributed by atoms with Gasteiger partial charge in [0.2, 0.25) is 0 Å². The monoisotopic (exact) mass is 546 g/mol. The number of ether oxygens (including phenoxy) is 1. The predicted octanol–water partition coefficient (Wildman–Crippen LogP) is 8.30. The van der Waals surface area contributed by atoms with Gasteiger partial charge >= 0.3 is 0 Å². The number of hydrogen-bond acceptors (Lipinski definition) is 5. The van der Waals surface area contributed by atoms with Crippen LogP contribution in [0.5, 0.6) is 0 Å². The van der Waals surface area contributed by atoms with Gasteiger partial charge in [0.25, 0.3) is 0 Å². The number of nitrogens with two attached hydrogens (primary N) is 1. The number of aliphatic imine (C=N–C) groups is 1. The second-order valence-electron chi connectivity index (χ2n) is 9.48. The van der Waals surface area contributed by atoms with Crippen LogP contribution in [0.4, 0.5) is 4.39 Å². The van der Waals surface area contributed by atoms with E-state index in [0.29, 0.717) is 11.8 Å². The molecular weight excluding hydrogens is 491 g/mol. The van der Waals surface area contributed by atoms with Crippen LogP contribution >= 0.6 is 0 Å². The zero-order chi connectivity index (χ0) is 30.7. The van der Waals surface area contributed by atoms with Gasteiger partial charge < -0.3 is 20.1 Å². The molecule has 0 fully saturated rings. The minimum absolute atomic E-state index is 0.0972. The van der Waals surface area contributed by atoms with E-state index >= 15 is 0 Å². The molecule has 0 saturated heterocycles. The van der Waals surface area contributed by atoms with Crippen molar-refractivity contribution < 1.29 is 18.7 Å². The number of carbonyl (C=O) groups is 2. The summed E-state index contributed by atoms with van der Waals surface area (Å²) in [5.41, 5.74) is 8.36. The summed E-state index contributed by atoms with van der Waals surface area (Å²) in [4.78, 5) is 19.9. The van der Waals surface area contributed by atoms with Crippen LogP contribution in [0, 0.1) is 5.82 Å². The Morgan fingerprint density at radius 3 is 1.72 bits per heavy atom. The molecule has 0 aliphatic heterocycles. The molecule has 5 nitrogen and oxygen atoms in total. The van der Waals surface area contributed by atoms with E-state index in [1.54, 1.807) is 25.6 Å². The van der Waals surface area contributed by atoms with E-state index < -0.39 is 0 Å². The number of benzene rings is 2. The molecule has 0 radical (unpaired) electrons. The fourth-order valence-electron chi connectivity index (χ4n) is 3.71. The van der Waals surface area contributed by atoms with Crippen LogP contribution in [0.3, 0.4) is 0 Å². The first kappa shape index (κ1) is 40.6. The summed E-state index contributed by atoms with van der Waals surface area (Å²) in [6.07, 6.45) is 8.48. The first-order chi connectivity index (χ1) is 18.7. The molecule has 2 aromatic rings. The maximum absolute atomic E-state index is 12.6. The number of aryl methyl sites for hydroxylation is 1. The molecule has 0 aliphatic carbocycles. The van der Waals surface area contributed by atoms with Gasteiger partial charge in [0.05, 0.1) is 0 Å². The molecule has 1 atom stereocenters. The van der Waals surface area contributed by atoms with Crippen LogP contribution in [-0.4, -0.2) is 39.2 Å². The highest BCUT2D eigenvalue weighted by Crippen LogP contribution is 2.32. The van der Waals surface area contributed by atoms with Gasteiger partial charge in [-0.1, -0.05) is 89.9 Å². The van der Waals surface area contributed by atoms with Gasteiger partial charge in [0.15, 0.2) is 6.40 Å². The molecule has 2 aromatic carbocycles. The molecule has 2 rings (SSSR count). The predicted molar refractivity (Wildman–Crippen MR) is 166 cm³/mol. The topological polar surface area (TPSA) is 81.8 Å². The Bertz CT molecular complexity index is 831. The molecule has 0 bridgehead atoms. The largest absolute Gasteiger partial charge is 0.477 e. The maximum Gasteiger partial charge on any atom is 0.169 e. The average Bonchev–Trinajstić information content (AvgIpc) is 2.98. The SMILES string of the molecule is C=O.C=O.CCCC(CCC)c1ccc(C(C)C(C)(C)OC=NC)cc1.CCCN.CCc1ccccc1F. The summed E-state index contributed by atoms with van der Waals surface area (Å²) in [5.74, 6) is 0.922. The number of rotatable bonds is 11. The molecule has 0 amide bonds. The normalized spacial score (nSPS) is 10.9. The van der Waals surface area contributed by atoms with Gasteiger partial charge in [-0.3, -0.25) is 4.99 Å². The van der Waals surface area contributed by atoms with Gasteiger partial charge in [-0.15, -0.1) is 0 Å². The molecule has 0 aliphatic rings. The van der Waals surface area contributed by atoms with E-state index in [2.05, 4.69) is 70.8 Å². The Kier molecular flexibility index (Phi) is 27.9. The third-order valence-electron chi connectivity index (χ3n) is 6.31. The van der Waals surface area contributed by atoms with E-state index in [9.17, 15) is 4.39 Å². The van der Waals surface area contributed by atoms with Crippen molar-refractivity contribution in [1.82, 2.24) is 0 Å². The van der Waals surface area contributed by atoms with Crippen molar-refractivity contribution in [2.24, 2.45) is 10.7 Å². The van der Waals surface area contributed by atoms with Gasteiger partial charge in [0, 0.05) is 13.0 Å². The Labute approximate surface area is 238 Å². The number of nitrogens with zero attached hydrogens (tertiary/aromatic N) is 1. The van der Waals surface area contributed by atoms with Crippen molar-refractivity contribution in [2.45, 2.75) is 104 Å². The summed E-state index contributed by atoms with van der Waals surface area (Å²) < 4.78 is 18.3. The smallest absolute Gasteiger partial charge is 0.169 e. The van der Waals surface area contributed by atoms with Gasteiger partial charge in [-0.25, -0.2) is 4.39 Å². The minimum atomic E-state index is -0.257. The molecule has 0 heterocycles. The van der Waals surface area contributed by atoms with Gasteiger partial charge in [0.1, 0.15) is 25.0 Å². The first-order valence-corrected chi connectivity index (χ1v) is 13.9. The fourth-order valence-corrected chi connectivity index (χ4v) is 3.71. The Morgan fingerprint density at radius 2 is 1.36 bits per heavy atom. The van der Waals surface area contributed by atoms with Crippen LogP contribution < -0.4 is 5.73 Å². The standard InChI is InChI=1S/C20H33NO.C8H9F.C3H9N.2CH2O/c1-7-9-18(10-8-2)19-13-11-17(12-14-19)16(3)20(4,5)22-15-21-6;1-2-7-5-3-4-6-8(7)9;1-2-3-4;2*1-2/h11-16,18H,7-10H2,1-6H3;3-6H,2H2,1H3;2-4H2,1H3;2*1H2. The van der Waals surface area contributed by atoms with Crippen LogP contribution in [0.1, 0.15) is 109 Å². The molecule has 1 unspecified atom stereocenters. The summed E-state index contributed by atoms with van der Waals surface area (Å²) in [6, 6.07) is 16.0. The molecule has 222 valence electrons. The molecule has 2 N–H and O–H groups in total. The average molecular weight is 547 g/mol. The first-order valence-electron chi connectivity index (χ1n) is 13.9. The lowest BCUT2D eigenvalue weighted by molar-refractivity contribution is -0.0987. The Hall–Kier alpha value is -2.86. The van der Waals surface area contributed by atoms with Gasteiger partial charge in [-0.05, 0) is 74.8 Å². The maximum atomic E-state index is 12.6. The van der Waals surface area contributed by atoms with E-state index in [1.165, 1.54) is 42.9 Å². The van der Waals surface area contributed by atoms with Crippen molar-refractivity contribution in [1.29, 1.82) is 0 Å². The quantitative estimate of drug-likeness (QED) is 0.227. The third kappa shape index (κ3) is 18.1. The summed E-state index contributed by atoms with van der Waals surface area (Å²) in [7, 11) is 1.73. The lowest BCUT2D eigenvalue weighted by Crippen LogP contribution is -2.30. The lowest BCUT2D eigenvalue weighted by Gasteiger charge is -2.31.